The van der Waals surface area contributed by atoms with Crippen LogP contribution in [0.15, 0.2) is 61.2 Å². The monoisotopic (exact) mass is 536 g/mol. The van der Waals surface area contributed by atoms with E-state index < -0.39 is 36.4 Å². The Labute approximate surface area is 229 Å². The lowest BCUT2D eigenvalue weighted by molar-refractivity contribution is -0.114. The van der Waals surface area contributed by atoms with E-state index in [-0.39, 0.29) is 19.0 Å². The normalized spacial score (nSPS) is 21.7. The van der Waals surface area contributed by atoms with Crippen molar-refractivity contribution >= 4 is 17.7 Å². The molecule has 0 spiro atoms. The lowest BCUT2D eigenvalue weighted by Crippen LogP contribution is -2.36. The Kier molecular flexibility index (Phi) is 10.3. The van der Waals surface area contributed by atoms with Gasteiger partial charge >= 0.3 is 11.9 Å². The van der Waals surface area contributed by atoms with Crippen LogP contribution >= 0.6 is 0 Å². The number of allylic oxidation sites excluding steroid dienone is 1. The summed E-state index contributed by atoms with van der Waals surface area (Å²) in [4.78, 5) is 36.4. The lowest BCUT2D eigenvalue weighted by atomic mass is 10.1. The highest BCUT2D eigenvalue weighted by molar-refractivity contribution is 5.90. The number of hydrogen-bond acceptors (Lipinski definition) is 8. The van der Waals surface area contributed by atoms with Crippen LogP contribution in [-0.2, 0) is 23.7 Å². The van der Waals surface area contributed by atoms with Crippen LogP contribution in [0.3, 0.4) is 0 Å². The predicted molar refractivity (Wildman–Crippen MR) is 144 cm³/mol. The first-order valence-corrected chi connectivity index (χ1v) is 13.5. The van der Waals surface area contributed by atoms with Crippen LogP contribution in [0.5, 0.6) is 5.75 Å². The zero-order valence-electron chi connectivity index (χ0n) is 22.3. The Morgan fingerprint density at radius 1 is 0.795 bits per heavy atom. The molecule has 2 aliphatic heterocycles. The number of hydrogen-bond donors (Lipinski definition) is 0. The summed E-state index contributed by atoms with van der Waals surface area (Å²) in [6, 6.07) is 14.0. The molecule has 2 heterocycles. The molecule has 0 N–H and O–H groups in total. The average Bonchev–Trinajstić information content (AvgIpc) is 3.53. The van der Waals surface area contributed by atoms with Gasteiger partial charge in [0.05, 0.1) is 30.9 Å². The van der Waals surface area contributed by atoms with E-state index in [1.165, 1.54) is 6.08 Å². The number of carbonyl (C=O) groups is 3. The molecule has 2 unspecified atom stereocenters. The molecule has 208 valence electrons. The van der Waals surface area contributed by atoms with E-state index in [1.54, 1.807) is 36.4 Å². The Bertz CT molecular complexity index is 1120. The van der Waals surface area contributed by atoms with Crippen molar-refractivity contribution in [1.29, 1.82) is 0 Å². The van der Waals surface area contributed by atoms with E-state index in [4.69, 9.17) is 23.7 Å². The second-order valence-corrected chi connectivity index (χ2v) is 9.91. The molecular weight excluding hydrogens is 500 g/mol. The van der Waals surface area contributed by atoms with E-state index in [2.05, 4.69) is 6.58 Å². The van der Waals surface area contributed by atoms with Gasteiger partial charge in [-0.05, 0) is 62.2 Å². The fourth-order valence-corrected chi connectivity index (χ4v) is 4.64. The summed E-state index contributed by atoms with van der Waals surface area (Å²) in [5.41, 5.74) is 1.92. The van der Waals surface area contributed by atoms with Gasteiger partial charge in [-0.1, -0.05) is 43.5 Å². The molecule has 0 aromatic heterocycles. The van der Waals surface area contributed by atoms with Gasteiger partial charge < -0.3 is 23.7 Å². The summed E-state index contributed by atoms with van der Waals surface area (Å²) in [7, 11) is 0. The van der Waals surface area contributed by atoms with Gasteiger partial charge in [0, 0.05) is 6.42 Å². The van der Waals surface area contributed by atoms with Crippen LogP contribution in [0.1, 0.15) is 64.8 Å². The molecule has 2 aromatic rings. The number of fused-ring (bicyclic) bond motifs is 1. The number of ketones is 1. The van der Waals surface area contributed by atoms with Crippen molar-refractivity contribution in [2.24, 2.45) is 0 Å². The highest BCUT2D eigenvalue weighted by atomic mass is 16.7. The Balaban J connectivity index is 1.16. The molecule has 39 heavy (non-hydrogen) atoms. The number of esters is 2. The zero-order chi connectivity index (χ0) is 27.6. The quantitative estimate of drug-likeness (QED) is 0.189. The van der Waals surface area contributed by atoms with Crippen LogP contribution in [0, 0.1) is 6.92 Å². The van der Waals surface area contributed by atoms with E-state index in [9.17, 15) is 14.4 Å². The molecule has 8 nitrogen and oxygen atoms in total. The van der Waals surface area contributed by atoms with Gasteiger partial charge in [-0.15, -0.1) is 0 Å². The number of unbranched alkanes of at least 4 members (excludes halogenated alkanes) is 4. The molecule has 2 aliphatic rings. The Morgan fingerprint density at radius 2 is 1.31 bits per heavy atom. The van der Waals surface area contributed by atoms with Gasteiger partial charge in [0.25, 0.3) is 0 Å². The minimum Gasteiger partial charge on any atom is -0.494 e. The minimum absolute atomic E-state index is 0.101. The third-order valence-corrected chi connectivity index (χ3v) is 6.92. The molecule has 2 saturated heterocycles. The zero-order valence-corrected chi connectivity index (χ0v) is 22.3. The van der Waals surface area contributed by atoms with Crippen LogP contribution in [-0.4, -0.2) is 62.0 Å². The molecule has 0 aliphatic carbocycles. The summed E-state index contributed by atoms with van der Waals surface area (Å²) in [5.74, 6) is -0.129. The van der Waals surface area contributed by atoms with Crippen molar-refractivity contribution in [2.75, 3.05) is 19.8 Å². The summed E-state index contributed by atoms with van der Waals surface area (Å²) < 4.78 is 28.7. The van der Waals surface area contributed by atoms with E-state index in [0.717, 1.165) is 37.7 Å². The van der Waals surface area contributed by atoms with E-state index in [0.29, 0.717) is 29.9 Å². The minimum atomic E-state index is -0.587. The summed E-state index contributed by atoms with van der Waals surface area (Å²) in [6.45, 7) is 6.37. The molecule has 4 rings (SSSR count). The SMILES string of the molecule is C=CC(=O)CCCCCCCOc1ccc(C(=O)O[C@H]2COC3C2OC[C@@H]3OC(=O)c2ccc(C)cc2)cc1. The smallest absolute Gasteiger partial charge is 0.338 e. The molecule has 2 fully saturated rings. The van der Waals surface area contributed by atoms with Crippen LogP contribution in [0.25, 0.3) is 0 Å². The molecule has 0 bridgehead atoms. The van der Waals surface area contributed by atoms with E-state index in [1.807, 2.05) is 19.1 Å². The third kappa shape index (κ3) is 8.00. The highest BCUT2D eigenvalue weighted by Gasteiger charge is 2.51. The maximum Gasteiger partial charge on any atom is 0.338 e. The van der Waals surface area contributed by atoms with Crippen molar-refractivity contribution in [3.8, 4) is 5.75 Å². The Hall–Kier alpha value is -3.49. The largest absolute Gasteiger partial charge is 0.494 e. The maximum absolute atomic E-state index is 12.7. The Morgan fingerprint density at radius 3 is 1.87 bits per heavy atom. The van der Waals surface area contributed by atoms with Crippen LogP contribution in [0.2, 0.25) is 0 Å². The molecule has 0 radical (unpaired) electrons. The number of carbonyl (C=O) groups excluding carboxylic acids is 3. The second-order valence-electron chi connectivity index (χ2n) is 9.91. The van der Waals surface area contributed by atoms with Gasteiger partial charge in [0.15, 0.2) is 18.0 Å². The molecule has 0 amide bonds. The lowest BCUT2D eigenvalue weighted by Gasteiger charge is -2.17. The summed E-state index contributed by atoms with van der Waals surface area (Å²) in [5, 5.41) is 0. The van der Waals surface area contributed by atoms with E-state index >= 15 is 0 Å². The average molecular weight is 537 g/mol. The molecule has 8 heteroatoms. The number of rotatable bonds is 14. The van der Waals surface area contributed by atoms with Gasteiger partial charge in [0.2, 0.25) is 0 Å². The summed E-state index contributed by atoms with van der Waals surface area (Å²) in [6.07, 6.45) is 4.76. The van der Waals surface area contributed by atoms with Crippen molar-refractivity contribution in [3.63, 3.8) is 0 Å². The van der Waals surface area contributed by atoms with Crippen molar-refractivity contribution in [3.05, 3.63) is 77.9 Å². The topological polar surface area (TPSA) is 97.4 Å². The van der Waals surface area contributed by atoms with Crippen molar-refractivity contribution in [2.45, 2.75) is 69.9 Å². The predicted octanol–water partition coefficient (Wildman–Crippen LogP) is 5.02. The van der Waals surface area contributed by atoms with Crippen molar-refractivity contribution in [1.82, 2.24) is 0 Å². The van der Waals surface area contributed by atoms with Crippen molar-refractivity contribution < 1.29 is 38.1 Å². The first-order chi connectivity index (χ1) is 18.9. The standard InChI is InChI=1S/C31H36O8/c1-3-24(32)9-7-5-4-6-8-18-35-25-16-14-23(15-17-25)31(34)39-27-20-37-28-26(19-36-29(27)28)38-30(33)22-12-10-21(2)11-13-22/h3,10-17,26-29H,1,4-9,18-20H2,2H3/t26-,27-,28?,29?/m0/s1. The fraction of sp³-hybridized carbons (Fsp3) is 0.452. The van der Waals surface area contributed by atoms with Crippen LogP contribution in [0.4, 0.5) is 0 Å². The number of ether oxygens (including phenoxy) is 5. The molecule has 0 saturated carbocycles. The first kappa shape index (κ1) is 28.5. The third-order valence-electron chi connectivity index (χ3n) is 6.92. The first-order valence-electron chi connectivity index (χ1n) is 13.5. The highest BCUT2D eigenvalue weighted by Crippen LogP contribution is 2.31. The molecule has 4 atom stereocenters. The second kappa shape index (κ2) is 14.1. The molecular formula is C31H36O8. The van der Waals surface area contributed by atoms with Gasteiger partial charge in [-0.25, -0.2) is 9.59 Å². The van der Waals surface area contributed by atoms with Gasteiger partial charge in [0.1, 0.15) is 18.0 Å². The summed E-state index contributed by atoms with van der Waals surface area (Å²) >= 11 is 0. The number of benzene rings is 2. The number of aryl methyl sites for hydroxylation is 1. The molecule has 2 aromatic carbocycles. The van der Waals surface area contributed by atoms with Gasteiger partial charge in [-0.3, -0.25) is 4.79 Å². The van der Waals surface area contributed by atoms with Crippen LogP contribution < -0.4 is 4.74 Å². The maximum atomic E-state index is 12.7. The fourth-order valence-electron chi connectivity index (χ4n) is 4.64. The van der Waals surface area contributed by atoms with Gasteiger partial charge in [-0.2, -0.15) is 0 Å².